The van der Waals surface area contributed by atoms with Crippen molar-refractivity contribution in [2.75, 3.05) is 20.8 Å². The summed E-state index contributed by atoms with van der Waals surface area (Å²) in [5, 5.41) is 0. The molecule has 0 aliphatic carbocycles. The zero-order valence-corrected chi connectivity index (χ0v) is 8.32. The summed E-state index contributed by atoms with van der Waals surface area (Å²) in [6, 6.07) is 1.02. The Morgan fingerprint density at radius 3 is 2.36 bits per heavy atom. The molecule has 0 heterocycles. The van der Waals surface area contributed by atoms with Crippen LogP contribution in [0.4, 0.5) is 0 Å². The fourth-order valence-corrected chi connectivity index (χ4v) is 2.12. The van der Waals surface area contributed by atoms with Crippen LogP contribution in [-0.2, 0) is 8.85 Å². The van der Waals surface area contributed by atoms with E-state index in [1.54, 1.807) is 14.2 Å². The van der Waals surface area contributed by atoms with Crippen LogP contribution in [0.25, 0.3) is 4.85 Å². The third-order valence-electron chi connectivity index (χ3n) is 1.49. The second kappa shape index (κ2) is 7.73. The van der Waals surface area contributed by atoms with E-state index < -0.39 is 9.28 Å². The monoisotopic (exact) mass is 173 g/mol. The molecule has 11 heavy (non-hydrogen) atoms. The van der Waals surface area contributed by atoms with E-state index in [1.165, 1.54) is 0 Å². The molecule has 0 atom stereocenters. The molecule has 64 valence electrons. The summed E-state index contributed by atoms with van der Waals surface area (Å²) in [5.74, 6) is 0. The van der Waals surface area contributed by atoms with Gasteiger partial charge in [0.25, 0.3) is 0 Å². The van der Waals surface area contributed by atoms with Crippen molar-refractivity contribution < 1.29 is 8.85 Å². The van der Waals surface area contributed by atoms with E-state index in [1.807, 2.05) is 0 Å². The summed E-state index contributed by atoms with van der Waals surface area (Å²) in [6.07, 6.45) is 2.03. The Labute approximate surface area is 70.0 Å². The minimum atomic E-state index is -1.34. The van der Waals surface area contributed by atoms with Crippen molar-refractivity contribution in [3.63, 3.8) is 0 Å². The second-order valence-corrected chi connectivity index (χ2v) is 4.66. The van der Waals surface area contributed by atoms with Crippen molar-refractivity contribution in [2.24, 2.45) is 0 Å². The van der Waals surface area contributed by atoms with Gasteiger partial charge in [-0.1, -0.05) is 0 Å². The molecule has 0 aliphatic heterocycles. The van der Waals surface area contributed by atoms with Gasteiger partial charge in [-0.25, -0.2) is 6.57 Å². The van der Waals surface area contributed by atoms with E-state index in [0.717, 1.165) is 18.9 Å². The lowest BCUT2D eigenvalue weighted by molar-refractivity contribution is 0.276. The quantitative estimate of drug-likeness (QED) is 0.342. The van der Waals surface area contributed by atoms with Crippen molar-refractivity contribution in [2.45, 2.75) is 18.9 Å². The normalized spacial score (nSPS) is 10.0. The molecule has 0 amide bonds. The molecule has 0 bridgehead atoms. The third-order valence-corrected chi connectivity index (χ3v) is 3.42. The van der Waals surface area contributed by atoms with Crippen molar-refractivity contribution in [1.29, 1.82) is 0 Å². The van der Waals surface area contributed by atoms with Crippen LogP contribution in [0.1, 0.15) is 12.8 Å². The predicted octanol–water partition coefficient (Wildman–Crippen LogP) is 1.20. The molecule has 0 rings (SSSR count). The Hall–Kier alpha value is -0.373. The maximum absolute atomic E-state index is 6.55. The van der Waals surface area contributed by atoms with Gasteiger partial charge in [-0.2, -0.15) is 0 Å². The fraction of sp³-hybridized carbons (Fsp3) is 0.857. The molecule has 0 aromatic carbocycles. The molecule has 0 N–H and O–H groups in total. The number of hydrogen-bond donors (Lipinski definition) is 0. The molecule has 0 spiro atoms. The van der Waals surface area contributed by atoms with Crippen LogP contribution in [0.3, 0.4) is 0 Å². The van der Waals surface area contributed by atoms with Gasteiger partial charge in [-0.05, 0) is 12.5 Å². The molecular weight excluding hydrogens is 158 g/mol. The second-order valence-electron chi connectivity index (χ2n) is 2.28. The van der Waals surface area contributed by atoms with Gasteiger partial charge in [0.05, 0.1) is 0 Å². The first-order valence-corrected chi connectivity index (χ1v) is 5.50. The highest BCUT2D eigenvalue weighted by atomic mass is 28.3. The Kier molecular flexibility index (Phi) is 7.47. The van der Waals surface area contributed by atoms with Crippen molar-refractivity contribution >= 4 is 9.28 Å². The van der Waals surface area contributed by atoms with E-state index in [9.17, 15) is 0 Å². The highest BCUT2D eigenvalue weighted by molar-refractivity contribution is 6.44. The van der Waals surface area contributed by atoms with Crippen LogP contribution in [0, 0.1) is 6.57 Å². The molecule has 0 fully saturated rings. The van der Waals surface area contributed by atoms with E-state index in [0.29, 0.717) is 6.54 Å². The molecule has 0 saturated heterocycles. The minimum absolute atomic E-state index is 0.633. The highest BCUT2D eigenvalue weighted by Crippen LogP contribution is 2.02. The molecular formula is C7H15NO2Si. The largest absolute Gasteiger partial charge is 0.400 e. The van der Waals surface area contributed by atoms with E-state index >= 15 is 0 Å². The van der Waals surface area contributed by atoms with Crippen LogP contribution < -0.4 is 0 Å². The topological polar surface area (TPSA) is 22.8 Å². The van der Waals surface area contributed by atoms with Crippen LogP contribution in [-0.4, -0.2) is 30.0 Å². The first-order chi connectivity index (χ1) is 5.35. The minimum Gasteiger partial charge on any atom is -0.400 e. The summed E-state index contributed by atoms with van der Waals surface area (Å²) in [5.41, 5.74) is 0. The first kappa shape index (κ1) is 10.6. The number of rotatable bonds is 6. The molecule has 0 aromatic rings. The molecule has 0 unspecified atom stereocenters. The van der Waals surface area contributed by atoms with E-state index in [4.69, 9.17) is 15.4 Å². The molecule has 3 nitrogen and oxygen atoms in total. The zero-order chi connectivity index (χ0) is 8.53. The zero-order valence-electron chi connectivity index (χ0n) is 7.17. The Morgan fingerprint density at radius 2 is 1.91 bits per heavy atom. The van der Waals surface area contributed by atoms with Gasteiger partial charge in [0.2, 0.25) is 6.54 Å². The van der Waals surface area contributed by atoms with Gasteiger partial charge in [-0.3, -0.25) is 0 Å². The maximum atomic E-state index is 6.55. The van der Waals surface area contributed by atoms with Gasteiger partial charge in [0.15, 0.2) is 0 Å². The van der Waals surface area contributed by atoms with Crippen LogP contribution in [0.5, 0.6) is 0 Å². The average Bonchev–Trinajstić information content (AvgIpc) is 2.05. The van der Waals surface area contributed by atoms with E-state index in [2.05, 4.69) is 4.85 Å². The molecule has 0 radical (unpaired) electrons. The maximum Gasteiger partial charge on any atom is 0.320 e. The molecule has 4 heteroatoms. The van der Waals surface area contributed by atoms with Crippen molar-refractivity contribution in [1.82, 2.24) is 0 Å². The predicted molar refractivity (Wildman–Crippen MR) is 46.7 cm³/mol. The lowest BCUT2D eigenvalue weighted by atomic mass is 10.3. The Balaban J connectivity index is 3.16. The van der Waals surface area contributed by atoms with Gasteiger partial charge in [-0.15, -0.1) is 0 Å². The van der Waals surface area contributed by atoms with Crippen molar-refractivity contribution in [3.05, 3.63) is 11.4 Å². The van der Waals surface area contributed by atoms with Gasteiger partial charge in [0.1, 0.15) is 0 Å². The summed E-state index contributed by atoms with van der Waals surface area (Å²) in [7, 11) is 2.04. The lowest BCUT2D eigenvalue weighted by Crippen LogP contribution is -2.18. The number of unbranched alkanes of at least 4 members (excludes halogenated alkanes) is 1. The van der Waals surface area contributed by atoms with Crippen LogP contribution >= 0.6 is 0 Å². The number of nitrogens with zero attached hydrogens (tertiary/aromatic N) is 1. The van der Waals surface area contributed by atoms with Crippen LogP contribution in [0.15, 0.2) is 0 Å². The smallest absolute Gasteiger partial charge is 0.320 e. The van der Waals surface area contributed by atoms with Gasteiger partial charge in [0, 0.05) is 20.6 Å². The average molecular weight is 173 g/mol. The highest BCUT2D eigenvalue weighted by Gasteiger charge is 2.07. The van der Waals surface area contributed by atoms with Gasteiger partial charge >= 0.3 is 9.28 Å². The third kappa shape index (κ3) is 6.04. The Morgan fingerprint density at radius 1 is 1.27 bits per heavy atom. The van der Waals surface area contributed by atoms with Crippen molar-refractivity contribution in [3.8, 4) is 0 Å². The molecule has 0 aromatic heterocycles. The number of hydrogen-bond acceptors (Lipinski definition) is 2. The summed E-state index contributed by atoms with van der Waals surface area (Å²) in [6.45, 7) is 7.19. The van der Waals surface area contributed by atoms with E-state index in [-0.39, 0.29) is 0 Å². The summed E-state index contributed by atoms with van der Waals surface area (Å²) >= 11 is 0. The molecule has 0 saturated carbocycles. The summed E-state index contributed by atoms with van der Waals surface area (Å²) in [4.78, 5) is 3.27. The molecule has 0 aliphatic rings. The lowest BCUT2D eigenvalue weighted by Gasteiger charge is -2.08. The SMILES string of the molecule is [C-]#[N+]CCCC[SiH](OC)OC. The summed E-state index contributed by atoms with van der Waals surface area (Å²) < 4.78 is 10.2. The first-order valence-electron chi connectivity index (χ1n) is 3.74. The fourth-order valence-electron chi connectivity index (χ4n) is 0.834. The Bertz CT molecular complexity index is 120. The van der Waals surface area contributed by atoms with Crippen LogP contribution in [0.2, 0.25) is 6.04 Å². The standard InChI is InChI=1S/C7H15NO2Si/c1-8-6-4-5-7-11(9-2)10-3/h11H,4-7H2,2-3H3. The van der Waals surface area contributed by atoms with Gasteiger partial charge < -0.3 is 13.7 Å².